The maximum absolute atomic E-state index is 11.7. The van der Waals surface area contributed by atoms with E-state index in [0.717, 1.165) is 27.9 Å². The first-order chi connectivity index (χ1) is 11.6. The highest BCUT2D eigenvalue weighted by Gasteiger charge is 2.33. The minimum Gasteiger partial charge on any atom is -0.480 e. The molecule has 0 fully saturated rings. The first-order valence-corrected chi connectivity index (χ1v) is 9.26. The van der Waals surface area contributed by atoms with Crippen molar-refractivity contribution in [2.45, 2.75) is 32.6 Å². The molecule has 0 aliphatic carbocycles. The number of fused-ring (bicyclic) bond motifs is 1. The van der Waals surface area contributed by atoms with Gasteiger partial charge in [-0.3, -0.25) is 9.69 Å². The molecule has 24 heavy (non-hydrogen) atoms. The zero-order valence-corrected chi connectivity index (χ0v) is 14.5. The number of aromatic nitrogens is 4. The SMILES string of the molecule is Cc1nnc2n1CC(C(=O)O)N(Cc1csc(-c3ccsc3)n1)C2. The van der Waals surface area contributed by atoms with E-state index in [1.807, 2.05) is 33.2 Å². The summed E-state index contributed by atoms with van der Waals surface area (Å²) in [5.41, 5.74) is 2.00. The Kier molecular flexibility index (Phi) is 3.91. The highest BCUT2D eigenvalue weighted by molar-refractivity contribution is 7.14. The Balaban J connectivity index is 1.57. The predicted molar refractivity (Wildman–Crippen MR) is 90.9 cm³/mol. The smallest absolute Gasteiger partial charge is 0.322 e. The van der Waals surface area contributed by atoms with E-state index in [-0.39, 0.29) is 0 Å². The highest BCUT2D eigenvalue weighted by atomic mass is 32.1. The summed E-state index contributed by atoms with van der Waals surface area (Å²) >= 11 is 3.22. The van der Waals surface area contributed by atoms with Crippen LogP contribution in [0.3, 0.4) is 0 Å². The first-order valence-electron chi connectivity index (χ1n) is 7.44. The van der Waals surface area contributed by atoms with E-state index in [2.05, 4.69) is 20.6 Å². The summed E-state index contributed by atoms with van der Waals surface area (Å²) in [6, 6.07) is 1.44. The Morgan fingerprint density at radius 3 is 3.04 bits per heavy atom. The number of hydrogen-bond donors (Lipinski definition) is 1. The molecule has 1 atom stereocenters. The Bertz CT molecular complexity index is 870. The molecular weight excluding hydrogens is 346 g/mol. The molecule has 9 heteroatoms. The Morgan fingerprint density at radius 1 is 1.42 bits per heavy atom. The fourth-order valence-corrected chi connectivity index (χ4v) is 4.39. The number of thiophene rings is 1. The lowest BCUT2D eigenvalue weighted by molar-refractivity contribution is -0.145. The van der Waals surface area contributed by atoms with Crippen molar-refractivity contribution in [2.24, 2.45) is 0 Å². The van der Waals surface area contributed by atoms with E-state index in [4.69, 9.17) is 0 Å². The minimum atomic E-state index is -0.831. The van der Waals surface area contributed by atoms with Crippen LogP contribution in [0.25, 0.3) is 10.6 Å². The van der Waals surface area contributed by atoms with E-state index in [1.165, 1.54) is 0 Å². The molecule has 7 nitrogen and oxygen atoms in total. The summed E-state index contributed by atoms with van der Waals surface area (Å²) in [5.74, 6) is 0.727. The number of hydrogen-bond acceptors (Lipinski definition) is 7. The van der Waals surface area contributed by atoms with Crippen molar-refractivity contribution in [1.82, 2.24) is 24.6 Å². The first kappa shape index (κ1) is 15.4. The van der Waals surface area contributed by atoms with Crippen LogP contribution in [0, 0.1) is 6.92 Å². The van der Waals surface area contributed by atoms with Crippen LogP contribution in [0.5, 0.6) is 0 Å². The third kappa shape index (κ3) is 2.74. The molecule has 0 bridgehead atoms. The Labute approximate surface area is 146 Å². The van der Waals surface area contributed by atoms with Crippen LogP contribution in [0.4, 0.5) is 0 Å². The fourth-order valence-electron chi connectivity index (χ4n) is 2.87. The van der Waals surface area contributed by atoms with Gasteiger partial charge < -0.3 is 9.67 Å². The minimum absolute atomic E-state index is 0.366. The van der Waals surface area contributed by atoms with Crippen molar-refractivity contribution in [3.8, 4) is 10.6 Å². The van der Waals surface area contributed by atoms with E-state index in [1.54, 1.807) is 22.7 Å². The summed E-state index contributed by atoms with van der Waals surface area (Å²) in [5, 5.41) is 24.8. The van der Waals surface area contributed by atoms with E-state index >= 15 is 0 Å². The average Bonchev–Trinajstić information content (AvgIpc) is 3.28. The van der Waals surface area contributed by atoms with Gasteiger partial charge in [0.2, 0.25) is 0 Å². The molecule has 4 rings (SSSR count). The maximum Gasteiger partial charge on any atom is 0.322 e. The molecule has 1 N–H and O–H groups in total. The van der Waals surface area contributed by atoms with E-state index in [9.17, 15) is 9.90 Å². The second-order valence-corrected chi connectivity index (χ2v) is 7.33. The van der Waals surface area contributed by atoms with Gasteiger partial charge in [0.15, 0.2) is 0 Å². The molecule has 3 aromatic heterocycles. The molecule has 0 saturated carbocycles. The molecule has 1 aliphatic heterocycles. The quantitative estimate of drug-likeness (QED) is 0.767. The van der Waals surface area contributed by atoms with Gasteiger partial charge in [-0.05, 0) is 18.4 Å². The van der Waals surface area contributed by atoms with Crippen molar-refractivity contribution >= 4 is 28.6 Å². The lowest BCUT2D eigenvalue weighted by Gasteiger charge is -2.32. The molecule has 0 aromatic carbocycles. The molecule has 1 aliphatic rings. The maximum atomic E-state index is 11.7. The van der Waals surface area contributed by atoms with E-state index < -0.39 is 12.0 Å². The molecule has 0 saturated heterocycles. The lowest BCUT2D eigenvalue weighted by Crippen LogP contribution is -2.47. The molecule has 4 heterocycles. The zero-order chi connectivity index (χ0) is 16.7. The second-order valence-electron chi connectivity index (χ2n) is 5.69. The van der Waals surface area contributed by atoms with Gasteiger partial charge in [0.25, 0.3) is 0 Å². The fraction of sp³-hybridized carbons (Fsp3) is 0.333. The van der Waals surface area contributed by atoms with Crippen LogP contribution in [-0.4, -0.2) is 41.8 Å². The van der Waals surface area contributed by atoms with Gasteiger partial charge in [-0.1, -0.05) is 0 Å². The van der Waals surface area contributed by atoms with Crippen LogP contribution >= 0.6 is 22.7 Å². The number of nitrogens with zero attached hydrogens (tertiary/aromatic N) is 5. The van der Waals surface area contributed by atoms with Gasteiger partial charge >= 0.3 is 5.97 Å². The number of aryl methyl sites for hydroxylation is 1. The van der Waals surface area contributed by atoms with Crippen LogP contribution < -0.4 is 0 Å². The number of carbonyl (C=O) groups is 1. The van der Waals surface area contributed by atoms with Crippen LogP contribution in [-0.2, 0) is 24.4 Å². The zero-order valence-electron chi connectivity index (χ0n) is 12.9. The summed E-state index contributed by atoms with van der Waals surface area (Å²) < 4.78 is 1.88. The van der Waals surface area contributed by atoms with Crippen molar-refractivity contribution in [2.75, 3.05) is 0 Å². The standard InChI is InChI=1S/C15H15N5O2S2/c1-9-17-18-13-6-19(12(15(21)22)5-20(9)13)4-11-8-24-14(16-11)10-2-3-23-7-10/h2-3,7-8,12H,4-6H2,1H3,(H,21,22). The predicted octanol–water partition coefficient (Wildman–Crippen LogP) is 2.24. The molecule has 0 spiro atoms. The average molecular weight is 361 g/mol. The van der Waals surface area contributed by atoms with Crippen molar-refractivity contribution in [1.29, 1.82) is 0 Å². The highest BCUT2D eigenvalue weighted by Crippen LogP contribution is 2.27. The van der Waals surface area contributed by atoms with Gasteiger partial charge in [0.05, 0.1) is 18.8 Å². The van der Waals surface area contributed by atoms with Gasteiger partial charge in [-0.25, -0.2) is 4.98 Å². The molecule has 1 unspecified atom stereocenters. The molecular formula is C15H15N5O2S2. The Hall–Kier alpha value is -2.10. The molecule has 3 aromatic rings. The molecule has 0 radical (unpaired) electrons. The van der Waals surface area contributed by atoms with Gasteiger partial charge in [-0.15, -0.1) is 21.5 Å². The third-order valence-corrected chi connectivity index (χ3v) is 5.75. The van der Waals surface area contributed by atoms with Gasteiger partial charge in [0, 0.05) is 22.9 Å². The third-order valence-electron chi connectivity index (χ3n) is 4.12. The molecule has 124 valence electrons. The molecule has 0 amide bonds. The van der Waals surface area contributed by atoms with E-state index in [0.29, 0.717) is 19.6 Å². The van der Waals surface area contributed by atoms with Crippen LogP contribution in [0.1, 0.15) is 17.3 Å². The lowest BCUT2D eigenvalue weighted by atomic mass is 10.2. The van der Waals surface area contributed by atoms with Crippen molar-refractivity contribution < 1.29 is 9.90 Å². The number of rotatable bonds is 4. The normalized spacial score (nSPS) is 17.8. The number of aliphatic carboxylic acids is 1. The number of carboxylic acids is 1. The summed E-state index contributed by atoms with van der Waals surface area (Å²) in [7, 11) is 0. The summed E-state index contributed by atoms with van der Waals surface area (Å²) in [6.45, 7) is 3.16. The topological polar surface area (TPSA) is 84.1 Å². The van der Waals surface area contributed by atoms with Crippen LogP contribution in [0.15, 0.2) is 22.2 Å². The van der Waals surface area contributed by atoms with Gasteiger partial charge in [-0.2, -0.15) is 11.3 Å². The summed E-state index contributed by atoms with van der Waals surface area (Å²) in [6.07, 6.45) is 0. The van der Waals surface area contributed by atoms with Crippen LogP contribution in [0.2, 0.25) is 0 Å². The Morgan fingerprint density at radius 2 is 2.29 bits per heavy atom. The summed E-state index contributed by atoms with van der Waals surface area (Å²) in [4.78, 5) is 18.2. The van der Waals surface area contributed by atoms with Crippen molar-refractivity contribution in [3.63, 3.8) is 0 Å². The van der Waals surface area contributed by atoms with Crippen molar-refractivity contribution in [3.05, 3.63) is 39.5 Å². The second kappa shape index (κ2) is 6.08. The monoisotopic (exact) mass is 361 g/mol. The largest absolute Gasteiger partial charge is 0.480 e. The van der Waals surface area contributed by atoms with Gasteiger partial charge in [0.1, 0.15) is 22.7 Å². The number of carboxylic acid groups (broad SMARTS) is 1. The number of thiazole rings is 1.